The second-order valence-electron chi connectivity index (χ2n) is 4.51. The normalized spacial score (nSPS) is 25.9. The first-order valence-electron chi connectivity index (χ1n) is 5.19. The maximum Gasteiger partial charge on any atom is 0.0822 e. The summed E-state index contributed by atoms with van der Waals surface area (Å²) in [6, 6.07) is 1.96. The molecule has 0 spiro atoms. The van der Waals surface area contributed by atoms with Crippen LogP contribution in [0, 0.1) is 5.41 Å². The standard InChI is InChI=1S/C11H16ClN3/c1-11(7-13)3-5-15(8-11)10-2-4-14-6-9(10)12/h2,4,6H,3,5,7-8,13H2,1H3. The van der Waals surface area contributed by atoms with E-state index in [0.717, 1.165) is 36.8 Å². The second-order valence-corrected chi connectivity index (χ2v) is 4.92. The summed E-state index contributed by atoms with van der Waals surface area (Å²) in [5, 5.41) is 0.721. The Morgan fingerprint density at radius 1 is 1.67 bits per heavy atom. The van der Waals surface area contributed by atoms with Crippen LogP contribution in [-0.4, -0.2) is 24.6 Å². The average Bonchev–Trinajstić information content (AvgIpc) is 2.63. The van der Waals surface area contributed by atoms with Crippen molar-refractivity contribution in [3.05, 3.63) is 23.5 Å². The third-order valence-corrected chi connectivity index (χ3v) is 3.43. The molecule has 82 valence electrons. The highest BCUT2D eigenvalue weighted by atomic mass is 35.5. The fourth-order valence-electron chi connectivity index (χ4n) is 2.02. The van der Waals surface area contributed by atoms with E-state index in [4.69, 9.17) is 17.3 Å². The number of aromatic nitrogens is 1. The molecule has 1 unspecified atom stereocenters. The minimum Gasteiger partial charge on any atom is -0.370 e. The molecular weight excluding hydrogens is 210 g/mol. The number of anilines is 1. The van der Waals surface area contributed by atoms with E-state index in [1.807, 2.05) is 6.07 Å². The van der Waals surface area contributed by atoms with Gasteiger partial charge in [0, 0.05) is 25.5 Å². The van der Waals surface area contributed by atoms with Gasteiger partial charge in [-0.3, -0.25) is 4.98 Å². The molecule has 15 heavy (non-hydrogen) atoms. The zero-order chi connectivity index (χ0) is 10.9. The van der Waals surface area contributed by atoms with Gasteiger partial charge >= 0.3 is 0 Å². The fraction of sp³-hybridized carbons (Fsp3) is 0.545. The van der Waals surface area contributed by atoms with Crippen molar-refractivity contribution in [3.8, 4) is 0 Å². The number of hydrogen-bond donors (Lipinski definition) is 1. The van der Waals surface area contributed by atoms with Crippen LogP contribution >= 0.6 is 11.6 Å². The van der Waals surface area contributed by atoms with E-state index in [1.54, 1.807) is 12.4 Å². The van der Waals surface area contributed by atoms with Gasteiger partial charge in [-0.1, -0.05) is 18.5 Å². The molecule has 2 rings (SSSR count). The van der Waals surface area contributed by atoms with Crippen LogP contribution in [0.4, 0.5) is 5.69 Å². The van der Waals surface area contributed by atoms with Crippen LogP contribution in [0.2, 0.25) is 5.02 Å². The molecule has 2 N–H and O–H groups in total. The van der Waals surface area contributed by atoms with Crippen molar-refractivity contribution in [2.75, 3.05) is 24.5 Å². The van der Waals surface area contributed by atoms with Crippen LogP contribution in [0.1, 0.15) is 13.3 Å². The minimum atomic E-state index is 0.229. The summed E-state index contributed by atoms with van der Waals surface area (Å²) in [7, 11) is 0. The summed E-state index contributed by atoms with van der Waals surface area (Å²) in [6.07, 6.45) is 4.59. The molecule has 1 aliphatic rings. The molecular formula is C11H16ClN3. The van der Waals surface area contributed by atoms with Gasteiger partial charge in [0.2, 0.25) is 0 Å². The summed E-state index contributed by atoms with van der Waals surface area (Å²) in [5.41, 5.74) is 7.08. The first-order valence-corrected chi connectivity index (χ1v) is 5.57. The van der Waals surface area contributed by atoms with Crippen LogP contribution < -0.4 is 10.6 Å². The Labute approximate surface area is 95.2 Å². The van der Waals surface area contributed by atoms with Crippen molar-refractivity contribution in [1.82, 2.24) is 4.98 Å². The van der Waals surface area contributed by atoms with E-state index >= 15 is 0 Å². The molecule has 0 bridgehead atoms. The van der Waals surface area contributed by atoms with Gasteiger partial charge in [-0.15, -0.1) is 0 Å². The summed E-state index contributed by atoms with van der Waals surface area (Å²) in [5.74, 6) is 0. The van der Waals surface area contributed by atoms with Crippen molar-refractivity contribution in [1.29, 1.82) is 0 Å². The Morgan fingerprint density at radius 3 is 3.07 bits per heavy atom. The molecule has 1 fully saturated rings. The number of pyridine rings is 1. The van der Waals surface area contributed by atoms with Gasteiger partial charge in [-0.25, -0.2) is 0 Å². The van der Waals surface area contributed by atoms with Crippen molar-refractivity contribution in [3.63, 3.8) is 0 Å². The molecule has 1 atom stereocenters. The summed E-state index contributed by atoms with van der Waals surface area (Å²) < 4.78 is 0. The number of hydrogen-bond acceptors (Lipinski definition) is 3. The molecule has 1 aromatic heterocycles. The van der Waals surface area contributed by atoms with Crippen LogP contribution in [0.3, 0.4) is 0 Å². The van der Waals surface area contributed by atoms with Crippen LogP contribution in [0.5, 0.6) is 0 Å². The van der Waals surface area contributed by atoms with E-state index in [1.165, 1.54) is 0 Å². The number of nitrogens with two attached hydrogens (primary N) is 1. The Morgan fingerprint density at radius 2 is 2.47 bits per heavy atom. The smallest absolute Gasteiger partial charge is 0.0822 e. The molecule has 1 aromatic rings. The largest absolute Gasteiger partial charge is 0.370 e. The Balaban J connectivity index is 2.18. The topological polar surface area (TPSA) is 42.1 Å². The van der Waals surface area contributed by atoms with E-state index in [-0.39, 0.29) is 5.41 Å². The molecule has 0 radical (unpaired) electrons. The lowest BCUT2D eigenvalue weighted by molar-refractivity contribution is 0.383. The van der Waals surface area contributed by atoms with Crippen molar-refractivity contribution < 1.29 is 0 Å². The molecule has 4 heteroatoms. The quantitative estimate of drug-likeness (QED) is 0.836. The lowest BCUT2D eigenvalue weighted by Crippen LogP contribution is -2.31. The molecule has 0 saturated carbocycles. The summed E-state index contributed by atoms with van der Waals surface area (Å²) >= 11 is 6.11. The first-order chi connectivity index (χ1) is 7.14. The van der Waals surface area contributed by atoms with Gasteiger partial charge in [0.1, 0.15) is 0 Å². The predicted molar refractivity (Wildman–Crippen MR) is 63.2 cm³/mol. The molecule has 1 saturated heterocycles. The Bertz CT molecular complexity index is 355. The number of nitrogens with zero attached hydrogens (tertiary/aromatic N) is 2. The molecule has 2 heterocycles. The molecule has 1 aliphatic heterocycles. The van der Waals surface area contributed by atoms with Crippen LogP contribution in [0.15, 0.2) is 18.5 Å². The van der Waals surface area contributed by atoms with Crippen molar-refractivity contribution in [2.24, 2.45) is 11.1 Å². The summed E-state index contributed by atoms with van der Waals surface area (Å²) in [6.45, 7) is 4.96. The maximum absolute atomic E-state index is 6.11. The Kier molecular flexibility index (Phi) is 2.85. The maximum atomic E-state index is 6.11. The van der Waals surface area contributed by atoms with Gasteiger partial charge < -0.3 is 10.6 Å². The van der Waals surface area contributed by atoms with E-state index < -0.39 is 0 Å². The van der Waals surface area contributed by atoms with Crippen molar-refractivity contribution >= 4 is 17.3 Å². The van der Waals surface area contributed by atoms with Crippen LogP contribution in [0.25, 0.3) is 0 Å². The highest BCUT2D eigenvalue weighted by Gasteiger charge is 2.33. The second kappa shape index (κ2) is 3.99. The van der Waals surface area contributed by atoms with Gasteiger partial charge in [-0.2, -0.15) is 0 Å². The van der Waals surface area contributed by atoms with E-state index in [9.17, 15) is 0 Å². The fourth-order valence-corrected chi connectivity index (χ4v) is 2.26. The van der Waals surface area contributed by atoms with Gasteiger partial charge in [0.25, 0.3) is 0 Å². The predicted octanol–water partition coefficient (Wildman–Crippen LogP) is 1.91. The molecule has 0 amide bonds. The first kappa shape index (κ1) is 10.7. The average molecular weight is 226 g/mol. The zero-order valence-electron chi connectivity index (χ0n) is 8.91. The minimum absolute atomic E-state index is 0.229. The highest BCUT2D eigenvalue weighted by Crippen LogP contribution is 2.34. The van der Waals surface area contributed by atoms with Gasteiger partial charge in [0.05, 0.1) is 10.7 Å². The SMILES string of the molecule is CC1(CN)CCN(c2ccncc2Cl)C1. The lowest BCUT2D eigenvalue weighted by Gasteiger charge is -2.24. The zero-order valence-corrected chi connectivity index (χ0v) is 9.67. The molecule has 3 nitrogen and oxygen atoms in total. The van der Waals surface area contributed by atoms with E-state index in [2.05, 4.69) is 16.8 Å². The van der Waals surface area contributed by atoms with Gasteiger partial charge in [-0.05, 0) is 24.4 Å². The van der Waals surface area contributed by atoms with Crippen molar-refractivity contribution in [2.45, 2.75) is 13.3 Å². The molecule has 0 aromatic carbocycles. The lowest BCUT2D eigenvalue weighted by atomic mass is 9.90. The van der Waals surface area contributed by atoms with E-state index in [0.29, 0.717) is 0 Å². The summed E-state index contributed by atoms with van der Waals surface area (Å²) in [4.78, 5) is 6.28. The highest BCUT2D eigenvalue weighted by molar-refractivity contribution is 6.33. The molecule has 0 aliphatic carbocycles. The third kappa shape index (κ3) is 2.08. The van der Waals surface area contributed by atoms with Gasteiger partial charge in [0.15, 0.2) is 0 Å². The monoisotopic (exact) mass is 225 g/mol. The number of halogens is 1. The third-order valence-electron chi connectivity index (χ3n) is 3.14. The number of rotatable bonds is 2. The Hall–Kier alpha value is -0.800. The van der Waals surface area contributed by atoms with Crippen LogP contribution in [-0.2, 0) is 0 Å².